The van der Waals surface area contributed by atoms with Crippen LogP contribution in [-0.4, -0.2) is 4.98 Å². The maximum atomic E-state index is 12.4. The lowest BCUT2D eigenvalue weighted by Crippen LogP contribution is -1.96. The molecule has 0 bridgehead atoms. The minimum absolute atomic E-state index is 0.0278. The van der Waals surface area contributed by atoms with Crippen molar-refractivity contribution in [2.75, 3.05) is 0 Å². The Kier molecular flexibility index (Phi) is 3.22. The quantitative estimate of drug-likeness (QED) is 0.723. The number of aromatic nitrogens is 1. The molecule has 1 aromatic heterocycles. The van der Waals surface area contributed by atoms with Crippen LogP contribution in [0.25, 0.3) is 0 Å². The second kappa shape index (κ2) is 3.83. The van der Waals surface area contributed by atoms with Gasteiger partial charge in [-0.3, -0.25) is 4.98 Å². The molecule has 0 aliphatic carbocycles. The van der Waals surface area contributed by atoms with E-state index in [4.69, 9.17) is 11.6 Å². The van der Waals surface area contributed by atoms with Gasteiger partial charge in [-0.2, -0.15) is 0 Å². The Balaban J connectivity index is 3.33. The average Bonchev–Trinajstić information content (AvgIpc) is 1.97. The van der Waals surface area contributed by atoms with E-state index in [9.17, 15) is 8.78 Å². The van der Waals surface area contributed by atoms with Crippen molar-refractivity contribution in [2.45, 2.75) is 13.3 Å². The molecule has 1 heterocycles. The predicted molar refractivity (Wildman–Crippen MR) is 51.7 cm³/mol. The molecule has 0 aliphatic rings. The fraction of sp³-hybridized carbons (Fsp3) is 0.286. The number of rotatable bonds is 1. The number of alkyl halides is 2. The molecule has 0 amide bonds. The highest BCUT2D eigenvalue weighted by Crippen LogP contribution is 2.31. The molecule has 0 N–H and O–H groups in total. The Bertz CT molecular complexity index is 304. The minimum atomic E-state index is -2.54. The molecule has 12 heavy (non-hydrogen) atoms. The van der Waals surface area contributed by atoms with Crippen LogP contribution in [0.2, 0.25) is 5.02 Å². The van der Waals surface area contributed by atoms with Gasteiger partial charge < -0.3 is 0 Å². The Morgan fingerprint density at radius 1 is 1.58 bits per heavy atom. The zero-order valence-electron chi connectivity index (χ0n) is 6.11. The molecule has 0 atom stereocenters. The van der Waals surface area contributed by atoms with Gasteiger partial charge in [0.05, 0.1) is 16.3 Å². The first-order chi connectivity index (χ1) is 5.54. The van der Waals surface area contributed by atoms with Gasteiger partial charge in [-0.1, -0.05) is 11.6 Å². The summed E-state index contributed by atoms with van der Waals surface area (Å²) < 4.78 is 25.1. The summed E-state index contributed by atoms with van der Waals surface area (Å²) in [6, 6.07) is 0. The Labute approximate surface area is 87.3 Å². The summed E-state index contributed by atoms with van der Waals surface area (Å²) in [6.07, 6.45) is -1.29. The van der Waals surface area contributed by atoms with E-state index in [1.165, 1.54) is 6.20 Å². The molecule has 1 aromatic rings. The third-order valence-electron chi connectivity index (χ3n) is 1.40. The molecule has 0 aliphatic heterocycles. The first-order valence-electron chi connectivity index (χ1n) is 3.12. The number of pyridine rings is 1. The zero-order valence-corrected chi connectivity index (χ0v) is 9.03. The molecular formula is C7H5ClF2IN. The average molecular weight is 303 g/mol. The standard InChI is InChI=1S/C7H5ClF2IN/c1-3-6(11)5(7(9)10)4(8)2-12-3/h2,7H,1H3. The van der Waals surface area contributed by atoms with Crippen molar-refractivity contribution in [3.05, 3.63) is 26.0 Å². The predicted octanol–water partition coefficient (Wildman–Crippen LogP) is 3.59. The van der Waals surface area contributed by atoms with Gasteiger partial charge in [-0.25, -0.2) is 8.78 Å². The van der Waals surface area contributed by atoms with Gasteiger partial charge in [-0.05, 0) is 29.5 Å². The number of halogens is 4. The van der Waals surface area contributed by atoms with Gasteiger partial charge in [0.1, 0.15) is 0 Å². The van der Waals surface area contributed by atoms with Gasteiger partial charge in [0.15, 0.2) is 0 Å². The number of hydrogen-bond acceptors (Lipinski definition) is 1. The number of nitrogens with zero attached hydrogens (tertiary/aromatic N) is 1. The highest BCUT2D eigenvalue weighted by Gasteiger charge is 2.17. The molecular weight excluding hydrogens is 298 g/mol. The van der Waals surface area contributed by atoms with E-state index in [1.807, 2.05) is 22.6 Å². The molecule has 0 saturated carbocycles. The van der Waals surface area contributed by atoms with Crippen LogP contribution >= 0.6 is 34.2 Å². The molecule has 0 fully saturated rings. The lowest BCUT2D eigenvalue weighted by molar-refractivity contribution is 0.150. The lowest BCUT2D eigenvalue weighted by Gasteiger charge is -2.06. The summed E-state index contributed by atoms with van der Waals surface area (Å²) in [5.41, 5.74) is 0.458. The van der Waals surface area contributed by atoms with Gasteiger partial charge in [0, 0.05) is 9.77 Å². The Morgan fingerprint density at radius 2 is 2.17 bits per heavy atom. The van der Waals surface area contributed by atoms with Crippen molar-refractivity contribution in [2.24, 2.45) is 0 Å². The second-order valence-corrected chi connectivity index (χ2v) is 3.71. The second-order valence-electron chi connectivity index (χ2n) is 2.22. The third-order valence-corrected chi connectivity index (χ3v) is 3.06. The third kappa shape index (κ3) is 1.85. The van der Waals surface area contributed by atoms with E-state index in [1.54, 1.807) is 6.92 Å². The summed E-state index contributed by atoms with van der Waals surface area (Å²) >= 11 is 7.37. The fourth-order valence-corrected chi connectivity index (χ4v) is 1.83. The maximum absolute atomic E-state index is 12.4. The van der Waals surface area contributed by atoms with Gasteiger partial charge in [0.2, 0.25) is 0 Å². The molecule has 0 unspecified atom stereocenters. The van der Waals surface area contributed by atoms with Crippen LogP contribution in [0, 0.1) is 10.5 Å². The molecule has 1 rings (SSSR count). The van der Waals surface area contributed by atoms with E-state index < -0.39 is 6.43 Å². The molecule has 66 valence electrons. The zero-order chi connectivity index (χ0) is 9.30. The van der Waals surface area contributed by atoms with Crippen LogP contribution in [0.5, 0.6) is 0 Å². The van der Waals surface area contributed by atoms with Crippen molar-refractivity contribution in [3.63, 3.8) is 0 Å². The number of hydrogen-bond donors (Lipinski definition) is 0. The Hall–Kier alpha value is 0.0300. The highest BCUT2D eigenvalue weighted by atomic mass is 127. The fourth-order valence-electron chi connectivity index (χ4n) is 0.779. The van der Waals surface area contributed by atoms with Crippen LogP contribution < -0.4 is 0 Å². The monoisotopic (exact) mass is 303 g/mol. The van der Waals surface area contributed by atoms with Crippen molar-refractivity contribution >= 4 is 34.2 Å². The number of aryl methyl sites for hydroxylation is 1. The van der Waals surface area contributed by atoms with Gasteiger partial charge in [-0.15, -0.1) is 0 Å². The lowest BCUT2D eigenvalue weighted by atomic mass is 10.2. The van der Waals surface area contributed by atoms with Gasteiger partial charge >= 0.3 is 0 Å². The van der Waals surface area contributed by atoms with Crippen LogP contribution in [0.3, 0.4) is 0 Å². The summed E-state index contributed by atoms with van der Waals surface area (Å²) in [6.45, 7) is 1.67. The Morgan fingerprint density at radius 3 is 2.58 bits per heavy atom. The summed E-state index contributed by atoms with van der Waals surface area (Å²) in [5.74, 6) is 0. The molecule has 0 saturated heterocycles. The SMILES string of the molecule is Cc1ncc(Cl)c(C(F)F)c1I. The van der Waals surface area contributed by atoms with Crippen LogP contribution in [0.1, 0.15) is 17.7 Å². The van der Waals surface area contributed by atoms with Crippen LogP contribution in [0.15, 0.2) is 6.20 Å². The van der Waals surface area contributed by atoms with Crippen molar-refractivity contribution in [1.82, 2.24) is 4.98 Å². The molecule has 0 radical (unpaired) electrons. The summed E-state index contributed by atoms with van der Waals surface area (Å²) in [7, 11) is 0. The first-order valence-corrected chi connectivity index (χ1v) is 4.58. The van der Waals surface area contributed by atoms with Crippen molar-refractivity contribution in [3.8, 4) is 0 Å². The normalized spacial score (nSPS) is 10.8. The van der Waals surface area contributed by atoms with E-state index >= 15 is 0 Å². The van der Waals surface area contributed by atoms with Crippen LogP contribution in [-0.2, 0) is 0 Å². The highest BCUT2D eigenvalue weighted by molar-refractivity contribution is 14.1. The molecule has 0 spiro atoms. The first kappa shape index (κ1) is 10.1. The molecule has 5 heteroatoms. The topological polar surface area (TPSA) is 12.9 Å². The minimum Gasteiger partial charge on any atom is -0.259 e. The molecule has 0 aromatic carbocycles. The van der Waals surface area contributed by atoms with Crippen LogP contribution in [0.4, 0.5) is 8.78 Å². The summed E-state index contributed by atoms with van der Waals surface area (Å²) in [4.78, 5) is 3.85. The van der Waals surface area contributed by atoms with E-state index in [0.29, 0.717) is 9.26 Å². The summed E-state index contributed by atoms with van der Waals surface area (Å²) in [5, 5.41) is 0.0278. The van der Waals surface area contributed by atoms with E-state index in [0.717, 1.165) is 0 Å². The maximum Gasteiger partial charge on any atom is 0.266 e. The van der Waals surface area contributed by atoms with E-state index in [2.05, 4.69) is 4.98 Å². The van der Waals surface area contributed by atoms with Crippen molar-refractivity contribution < 1.29 is 8.78 Å². The van der Waals surface area contributed by atoms with Crippen molar-refractivity contribution in [1.29, 1.82) is 0 Å². The smallest absolute Gasteiger partial charge is 0.259 e. The molecule has 1 nitrogen and oxygen atoms in total. The van der Waals surface area contributed by atoms with E-state index in [-0.39, 0.29) is 10.6 Å². The van der Waals surface area contributed by atoms with Gasteiger partial charge in [0.25, 0.3) is 6.43 Å². The largest absolute Gasteiger partial charge is 0.266 e.